The first-order valence-electron chi connectivity index (χ1n) is 5.85. The van der Waals surface area contributed by atoms with Gasteiger partial charge in [0.05, 0.1) is 5.41 Å². The lowest BCUT2D eigenvalue weighted by molar-refractivity contribution is -0.146. The third-order valence-electron chi connectivity index (χ3n) is 3.41. The maximum atomic E-state index is 12.8. The number of carbonyl (C=O) groups is 1. The Morgan fingerprint density at radius 2 is 2.15 bits per heavy atom. The van der Waals surface area contributed by atoms with Gasteiger partial charge in [0.15, 0.2) is 5.69 Å². The van der Waals surface area contributed by atoms with Gasteiger partial charge in [-0.15, -0.1) is 0 Å². The molecule has 0 spiro atoms. The molecule has 1 fully saturated rings. The molecule has 0 aliphatic carbocycles. The lowest BCUT2D eigenvalue weighted by atomic mass is 9.90. The van der Waals surface area contributed by atoms with E-state index in [4.69, 9.17) is 5.11 Å². The molecule has 1 aliphatic heterocycles. The number of pyridine rings is 1. The molecule has 8 heteroatoms. The Balaban J connectivity index is 2.30. The number of aromatic nitrogens is 1. The van der Waals surface area contributed by atoms with Gasteiger partial charge < -0.3 is 10.0 Å². The first kappa shape index (κ1) is 15.1. The number of aliphatic carboxylic acids is 1. The SMILES string of the molecule is CC1(C(=O)O)CCN(c2ccc(Br)c(C(F)(F)F)n2)C1. The standard InChI is InChI=1S/C12H12BrF3N2O2/c1-11(10(19)20)4-5-18(6-11)8-3-2-7(13)9(17-8)12(14,15)16/h2-3H,4-6H2,1H3,(H,19,20). The van der Waals surface area contributed by atoms with Crippen molar-refractivity contribution in [2.24, 2.45) is 5.41 Å². The lowest BCUT2D eigenvalue weighted by Crippen LogP contribution is -2.32. The van der Waals surface area contributed by atoms with Crippen LogP contribution in [0.2, 0.25) is 0 Å². The van der Waals surface area contributed by atoms with Crippen LogP contribution in [0.1, 0.15) is 19.0 Å². The fraction of sp³-hybridized carbons (Fsp3) is 0.500. The summed E-state index contributed by atoms with van der Waals surface area (Å²) < 4.78 is 38.2. The molecule has 1 aromatic rings. The minimum Gasteiger partial charge on any atom is -0.481 e. The summed E-state index contributed by atoms with van der Waals surface area (Å²) in [6, 6.07) is 2.73. The molecule has 20 heavy (non-hydrogen) atoms. The molecular weight excluding hydrogens is 341 g/mol. The second-order valence-electron chi connectivity index (χ2n) is 5.04. The summed E-state index contributed by atoms with van der Waals surface area (Å²) in [5.41, 5.74) is -1.95. The lowest BCUT2D eigenvalue weighted by Gasteiger charge is -2.22. The van der Waals surface area contributed by atoms with Crippen LogP contribution in [0.5, 0.6) is 0 Å². The van der Waals surface area contributed by atoms with Crippen molar-refractivity contribution in [1.29, 1.82) is 0 Å². The van der Waals surface area contributed by atoms with Crippen LogP contribution < -0.4 is 4.90 Å². The van der Waals surface area contributed by atoms with Crippen LogP contribution in [0.4, 0.5) is 19.0 Å². The van der Waals surface area contributed by atoms with Crippen molar-refractivity contribution < 1.29 is 23.1 Å². The maximum absolute atomic E-state index is 12.8. The summed E-state index contributed by atoms with van der Waals surface area (Å²) >= 11 is 2.83. The van der Waals surface area contributed by atoms with Gasteiger partial charge in [-0.05, 0) is 41.4 Å². The van der Waals surface area contributed by atoms with Gasteiger partial charge in [-0.3, -0.25) is 4.79 Å². The first-order chi connectivity index (χ1) is 9.13. The second-order valence-corrected chi connectivity index (χ2v) is 5.89. The summed E-state index contributed by atoms with van der Waals surface area (Å²) in [7, 11) is 0. The summed E-state index contributed by atoms with van der Waals surface area (Å²) in [5.74, 6) is -0.807. The molecule has 1 unspecified atom stereocenters. The molecule has 1 N–H and O–H groups in total. The van der Waals surface area contributed by atoms with Crippen molar-refractivity contribution in [2.75, 3.05) is 18.0 Å². The third-order valence-corrected chi connectivity index (χ3v) is 4.05. The van der Waals surface area contributed by atoms with E-state index in [1.807, 2.05) is 0 Å². The van der Waals surface area contributed by atoms with Crippen molar-refractivity contribution in [3.05, 3.63) is 22.3 Å². The molecule has 2 heterocycles. The van der Waals surface area contributed by atoms with Crippen LogP contribution in [0.15, 0.2) is 16.6 Å². The number of hydrogen-bond donors (Lipinski definition) is 1. The molecule has 110 valence electrons. The highest BCUT2D eigenvalue weighted by molar-refractivity contribution is 9.10. The van der Waals surface area contributed by atoms with Gasteiger partial charge in [0.25, 0.3) is 0 Å². The zero-order chi connectivity index (χ0) is 15.1. The molecule has 0 aromatic carbocycles. The van der Waals surface area contributed by atoms with Crippen molar-refractivity contribution in [3.63, 3.8) is 0 Å². The Morgan fingerprint density at radius 1 is 1.50 bits per heavy atom. The van der Waals surface area contributed by atoms with Gasteiger partial charge in [0, 0.05) is 17.6 Å². The topological polar surface area (TPSA) is 53.4 Å². The quantitative estimate of drug-likeness (QED) is 0.888. The number of nitrogens with zero attached hydrogens (tertiary/aromatic N) is 2. The Hall–Kier alpha value is -1.31. The highest BCUT2D eigenvalue weighted by atomic mass is 79.9. The van der Waals surface area contributed by atoms with E-state index < -0.39 is 23.3 Å². The van der Waals surface area contributed by atoms with E-state index in [2.05, 4.69) is 20.9 Å². The highest BCUT2D eigenvalue weighted by Crippen LogP contribution is 2.37. The van der Waals surface area contributed by atoms with E-state index >= 15 is 0 Å². The van der Waals surface area contributed by atoms with E-state index in [9.17, 15) is 18.0 Å². The monoisotopic (exact) mass is 352 g/mol. The Labute approximate surface area is 121 Å². The molecule has 1 aromatic heterocycles. The van der Waals surface area contributed by atoms with Gasteiger partial charge in [-0.2, -0.15) is 13.2 Å². The van der Waals surface area contributed by atoms with Crippen LogP contribution >= 0.6 is 15.9 Å². The number of hydrogen-bond acceptors (Lipinski definition) is 3. The first-order valence-corrected chi connectivity index (χ1v) is 6.65. The molecule has 0 amide bonds. The normalized spacial score (nSPS) is 23.1. The van der Waals surface area contributed by atoms with Crippen molar-refractivity contribution in [3.8, 4) is 0 Å². The molecule has 2 rings (SSSR count). The van der Waals surface area contributed by atoms with Crippen LogP contribution in [0.3, 0.4) is 0 Å². The van der Waals surface area contributed by atoms with Crippen molar-refractivity contribution in [2.45, 2.75) is 19.5 Å². The zero-order valence-electron chi connectivity index (χ0n) is 10.5. The summed E-state index contributed by atoms with van der Waals surface area (Å²) in [5, 5.41) is 9.13. The number of carboxylic acids is 1. The fourth-order valence-electron chi connectivity index (χ4n) is 2.14. The average molecular weight is 353 g/mol. The molecule has 0 saturated carbocycles. The minimum atomic E-state index is -4.55. The minimum absolute atomic E-state index is 0.131. The summed E-state index contributed by atoms with van der Waals surface area (Å²) in [6.07, 6.45) is -4.17. The number of rotatable bonds is 2. The summed E-state index contributed by atoms with van der Waals surface area (Å²) in [4.78, 5) is 16.3. The van der Waals surface area contributed by atoms with Crippen LogP contribution in [-0.2, 0) is 11.0 Å². The zero-order valence-corrected chi connectivity index (χ0v) is 12.1. The summed E-state index contributed by atoms with van der Waals surface area (Å²) in [6.45, 7) is 2.10. The van der Waals surface area contributed by atoms with Crippen LogP contribution in [-0.4, -0.2) is 29.1 Å². The number of carboxylic acid groups (broad SMARTS) is 1. The third kappa shape index (κ3) is 2.74. The van der Waals surface area contributed by atoms with Crippen molar-refractivity contribution in [1.82, 2.24) is 4.98 Å². The van der Waals surface area contributed by atoms with Crippen molar-refractivity contribution >= 4 is 27.7 Å². The van der Waals surface area contributed by atoms with E-state index in [1.165, 1.54) is 12.1 Å². The Morgan fingerprint density at radius 3 is 2.65 bits per heavy atom. The fourth-order valence-corrected chi connectivity index (χ4v) is 2.58. The number of halogens is 4. The van der Waals surface area contributed by atoms with Gasteiger partial charge in [0.2, 0.25) is 0 Å². The maximum Gasteiger partial charge on any atom is 0.434 e. The highest BCUT2D eigenvalue weighted by Gasteiger charge is 2.42. The Kier molecular flexibility index (Phi) is 3.70. The molecular formula is C12H12BrF3N2O2. The number of anilines is 1. The second kappa shape index (κ2) is 4.91. The molecule has 1 atom stereocenters. The van der Waals surface area contributed by atoms with Gasteiger partial charge in [0.1, 0.15) is 5.82 Å². The predicted molar refractivity (Wildman–Crippen MR) is 69.5 cm³/mol. The smallest absolute Gasteiger partial charge is 0.434 e. The molecule has 1 saturated heterocycles. The van der Waals surface area contributed by atoms with E-state index in [-0.39, 0.29) is 16.8 Å². The van der Waals surface area contributed by atoms with Gasteiger partial charge >= 0.3 is 12.1 Å². The molecule has 4 nitrogen and oxygen atoms in total. The predicted octanol–water partition coefficient (Wildman–Crippen LogP) is 3.16. The van der Waals surface area contributed by atoms with E-state index in [0.29, 0.717) is 13.0 Å². The largest absolute Gasteiger partial charge is 0.481 e. The number of alkyl halides is 3. The molecule has 0 radical (unpaired) electrons. The van der Waals surface area contributed by atoms with Crippen LogP contribution in [0.25, 0.3) is 0 Å². The van der Waals surface area contributed by atoms with Gasteiger partial charge in [-0.1, -0.05) is 0 Å². The average Bonchev–Trinajstić information content (AvgIpc) is 2.72. The van der Waals surface area contributed by atoms with E-state index in [1.54, 1.807) is 11.8 Å². The Bertz CT molecular complexity index is 550. The molecule has 1 aliphatic rings. The molecule has 0 bridgehead atoms. The van der Waals surface area contributed by atoms with Gasteiger partial charge in [-0.25, -0.2) is 4.98 Å². The van der Waals surface area contributed by atoms with E-state index in [0.717, 1.165) is 0 Å². The van der Waals surface area contributed by atoms with Crippen LogP contribution in [0, 0.1) is 5.41 Å².